The van der Waals surface area contributed by atoms with Crippen molar-refractivity contribution in [3.05, 3.63) is 166 Å². The largest absolute Gasteiger partial charge is 0.507 e. The molecule has 0 radical (unpaired) electrons. The number of phenols is 5. The number of anilines is 3. The molecule has 0 atom stereocenters. The molecule has 6 nitrogen and oxygen atoms in total. The van der Waals surface area contributed by atoms with Crippen LogP contribution in [-0.2, 0) is 0 Å². The van der Waals surface area contributed by atoms with Crippen LogP contribution in [0.5, 0.6) is 28.7 Å². The Bertz CT molecular complexity index is 3250. The smallest absolute Gasteiger partial charge is 0.166 e. The summed E-state index contributed by atoms with van der Waals surface area (Å²) in [6.07, 6.45) is 8.73. The summed E-state index contributed by atoms with van der Waals surface area (Å²) in [4.78, 5) is 2.29. The predicted molar refractivity (Wildman–Crippen MR) is 268 cm³/mol. The molecule has 0 aromatic heterocycles. The van der Waals surface area contributed by atoms with E-state index >= 15 is 0 Å². The van der Waals surface area contributed by atoms with Crippen LogP contribution in [0.2, 0.25) is 6.82 Å². The van der Waals surface area contributed by atoms with Crippen molar-refractivity contribution < 1.29 is 25.5 Å². The SMILES string of the molecule is CBc1c(C)c(O)c(O)c(-c2c(C)c(-c3c(C)c(C)c(O)c(C)c3O)c3c(ccc4ccc(N(c5cccc(C6=CCCC=C6)c5)c5ccccc5-c5ccccc5)cc43)c2O)c1C. The number of benzene rings is 8. The van der Waals surface area contributed by atoms with E-state index < -0.39 is 0 Å². The molecule has 0 unspecified atom stereocenters. The Morgan fingerprint density at radius 2 is 1.16 bits per heavy atom. The number of fused-ring (bicyclic) bond motifs is 3. The van der Waals surface area contributed by atoms with Gasteiger partial charge in [-0.05, 0) is 152 Å². The Morgan fingerprint density at radius 1 is 0.484 bits per heavy atom. The molecule has 0 saturated heterocycles. The molecule has 0 bridgehead atoms. The molecule has 5 N–H and O–H groups in total. The van der Waals surface area contributed by atoms with E-state index in [-0.39, 0.29) is 28.7 Å². The Hall–Kier alpha value is -7.38. The highest BCUT2D eigenvalue weighted by atomic mass is 16.3. The van der Waals surface area contributed by atoms with E-state index in [1.54, 1.807) is 13.8 Å². The van der Waals surface area contributed by atoms with E-state index in [0.29, 0.717) is 68.1 Å². The molecule has 1 aliphatic carbocycles. The first-order valence-corrected chi connectivity index (χ1v) is 22.0. The number of allylic oxidation sites excluding steroid dienone is 4. The molecule has 9 rings (SSSR count). The number of hydrogen-bond donors (Lipinski definition) is 5. The zero-order valence-corrected chi connectivity index (χ0v) is 37.4. The lowest BCUT2D eigenvalue weighted by Gasteiger charge is -2.29. The van der Waals surface area contributed by atoms with Crippen LogP contribution < -0.4 is 10.4 Å². The minimum absolute atomic E-state index is 0.0193. The minimum atomic E-state index is -0.313. The molecule has 0 fully saturated rings. The van der Waals surface area contributed by atoms with Gasteiger partial charge in [-0.15, -0.1) is 0 Å². The van der Waals surface area contributed by atoms with Gasteiger partial charge in [0.25, 0.3) is 0 Å². The summed E-state index contributed by atoms with van der Waals surface area (Å²) in [7, 11) is 0.601. The number of para-hydroxylation sites is 1. The molecule has 0 heterocycles. The minimum Gasteiger partial charge on any atom is -0.507 e. The summed E-state index contributed by atoms with van der Waals surface area (Å²) in [6, 6.07) is 37.7. The van der Waals surface area contributed by atoms with Crippen LogP contribution in [0.1, 0.15) is 51.8 Å². The van der Waals surface area contributed by atoms with Gasteiger partial charge >= 0.3 is 0 Å². The molecule has 318 valence electrons. The highest BCUT2D eigenvalue weighted by Crippen LogP contribution is 2.55. The fourth-order valence-corrected chi connectivity index (χ4v) is 10.1. The van der Waals surface area contributed by atoms with Gasteiger partial charge < -0.3 is 30.4 Å². The number of nitrogens with zero attached hydrogens (tertiary/aromatic N) is 1. The highest BCUT2D eigenvalue weighted by molar-refractivity contribution is 6.53. The lowest BCUT2D eigenvalue weighted by atomic mass is 9.67. The average molecular weight is 842 g/mol. The normalized spacial score (nSPS) is 12.5. The Morgan fingerprint density at radius 3 is 1.89 bits per heavy atom. The zero-order valence-electron chi connectivity index (χ0n) is 37.4. The first kappa shape index (κ1) is 42.0. The zero-order chi connectivity index (χ0) is 45.1. The third-order valence-electron chi connectivity index (χ3n) is 13.6. The predicted octanol–water partition coefficient (Wildman–Crippen LogP) is 13.7. The van der Waals surface area contributed by atoms with Crippen LogP contribution in [-0.4, -0.2) is 32.8 Å². The number of phenolic OH excluding ortho intramolecular Hbond substituents is 5. The monoisotopic (exact) mass is 841 g/mol. The van der Waals surface area contributed by atoms with Crippen molar-refractivity contribution in [2.24, 2.45) is 0 Å². The molecule has 1 aliphatic rings. The molecule has 8 aromatic carbocycles. The van der Waals surface area contributed by atoms with Gasteiger partial charge in [-0.3, -0.25) is 0 Å². The second-order valence-corrected chi connectivity index (χ2v) is 17.1. The average Bonchev–Trinajstić information content (AvgIpc) is 3.32. The van der Waals surface area contributed by atoms with Crippen LogP contribution in [0.3, 0.4) is 0 Å². The summed E-state index contributed by atoms with van der Waals surface area (Å²) < 4.78 is 0. The molecule has 0 amide bonds. The van der Waals surface area contributed by atoms with E-state index in [1.807, 2.05) is 52.7 Å². The van der Waals surface area contributed by atoms with Crippen molar-refractivity contribution in [1.82, 2.24) is 0 Å². The number of aromatic hydroxyl groups is 5. The van der Waals surface area contributed by atoms with Crippen molar-refractivity contribution in [2.75, 3.05) is 4.90 Å². The summed E-state index contributed by atoms with van der Waals surface area (Å²) in [5.41, 5.74) is 13.6. The van der Waals surface area contributed by atoms with E-state index in [0.717, 1.165) is 68.4 Å². The van der Waals surface area contributed by atoms with Gasteiger partial charge in [0, 0.05) is 50.0 Å². The summed E-state index contributed by atoms with van der Waals surface area (Å²) in [5.74, 6) is -0.646. The van der Waals surface area contributed by atoms with Crippen LogP contribution in [0.4, 0.5) is 17.1 Å². The maximum atomic E-state index is 12.7. The fraction of sp³-hybridized carbons (Fsp3) is 0.158. The Balaban J connectivity index is 1.42. The molecule has 7 heteroatoms. The molecular formula is C57H52BNO5. The number of rotatable bonds is 8. The molecular weight excluding hydrogens is 789 g/mol. The summed E-state index contributed by atoms with van der Waals surface area (Å²) in [6.45, 7) is 13.0. The Labute approximate surface area is 375 Å². The lowest BCUT2D eigenvalue weighted by molar-refractivity contribution is 0.402. The second-order valence-electron chi connectivity index (χ2n) is 17.1. The molecule has 0 saturated carbocycles. The molecule has 0 spiro atoms. The first-order chi connectivity index (χ1) is 30.8. The highest BCUT2D eigenvalue weighted by Gasteiger charge is 2.30. The van der Waals surface area contributed by atoms with Crippen molar-refractivity contribution in [2.45, 2.75) is 61.2 Å². The van der Waals surface area contributed by atoms with E-state index in [1.165, 1.54) is 5.57 Å². The van der Waals surface area contributed by atoms with Crippen LogP contribution in [0.25, 0.3) is 60.5 Å². The van der Waals surface area contributed by atoms with E-state index in [2.05, 4.69) is 114 Å². The van der Waals surface area contributed by atoms with Gasteiger partial charge in [0.05, 0.1) is 5.69 Å². The standard InChI is InChI=1S/C57H52BNO5/c1-31-32(2)53(60)36(6)54(61)48(31)47-33(3)49(50-34(4)52(58-7)35(5)55(62)57(50)64)56(63)44-28-26-39-25-27-42(30-45(39)51(44)47)59(41-22-16-21-40(29-41)37-17-10-8-11-18-37)46-24-15-14-23-43(46)38-19-12-9-13-20-38/h9-10,12-30,58,60-64H,8,11H2,1-7H3. The van der Waals surface area contributed by atoms with Crippen molar-refractivity contribution in [3.8, 4) is 62.1 Å². The van der Waals surface area contributed by atoms with Gasteiger partial charge in [0.1, 0.15) is 17.2 Å². The van der Waals surface area contributed by atoms with Crippen molar-refractivity contribution >= 4 is 56.9 Å². The van der Waals surface area contributed by atoms with Crippen LogP contribution >= 0.6 is 0 Å². The van der Waals surface area contributed by atoms with Crippen LogP contribution in [0, 0.1) is 41.5 Å². The Kier molecular flexibility index (Phi) is 10.7. The van der Waals surface area contributed by atoms with Crippen molar-refractivity contribution in [1.29, 1.82) is 0 Å². The third-order valence-corrected chi connectivity index (χ3v) is 13.6. The topological polar surface area (TPSA) is 104 Å². The first-order valence-electron chi connectivity index (χ1n) is 22.0. The fourth-order valence-electron chi connectivity index (χ4n) is 10.1. The van der Waals surface area contributed by atoms with Crippen LogP contribution in [0.15, 0.2) is 127 Å². The van der Waals surface area contributed by atoms with E-state index in [4.69, 9.17) is 0 Å². The number of hydrogen-bond acceptors (Lipinski definition) is 6. The molecule has 64 heavy (non-hydrogen) atoms. The maximum absolute atomic E-state index is 12.7. The van der Waals surface area contributed by atoms with Gasteiger partial charge in [-0.25, -0.2) is 0 Å². The lowest BCUT2D eigenvalue weighted by Crippen LogP contribution is -2.20. The molecule has 0 aliphatic heterocycles. The van der Waals surface area contributed by atoms with E-state index in [9.17, 15) is 25.5 Å². The summed E-state index contributed by atoms with van der Waals surface area (Å²) >= 11 is 0. The second kappa shape index (κ2) is 16.4. The quantitative estimate of drug-likeness (QED) is 0.0593. The van der Waals surface area contributed by atoms with Crippen molar-refractivity contribution in [3.63, 3.8) is 0 Å². The molecule has 8 aromatic rings. The summed E-state index contributed by atoms with van der Waals surface area (Å²) in [5, 5.41) is 62.2. The van der Waals surface area contributed by atoms with Gasteiger partial charge in [-0.1, -0.05) is 103 Å². The van der Waals surface area contributed by atoms with Gasteiger partial charge in [0.2, 0.25) is 0 Å². The van der Waals surface area contributed by atoms with Gasteiger partial charge in [0.15, 0.2) is 18.8 Å². The van der Waals surface area contributed by atoms with Gasteiger partial charge in [-0.2, -0.15) is 0 Å². The third kappa shape index (κ3) is 6.66. The maximum Gasteiger partial charge on any atom is 0.166 e.